The number of carbonyl (C=O) groups is 1. The molecule has 1 aliphatic carbocycles. The molecule has 3 heteroatoms. The van der Waals surface area contributed by atoms with Gasteiger partial charge in [-0.1, -0.05) is 23.7 Å². The fourth-order valence-electron chi connectivity index (χ4n) is 1.55. The number of benzene rings is 1. The quantitative estimate of drug-likeness (QED) is 0.789. The average molecular weight is 197 g/mol. The van der Waals surface area contributed by atoms with Gasteiger partial charge in [0.1, 0.15) is 0 Å². The van der Waals surface area contributed by atoms with Gasteiger partial charge in [0.05, 0.1) is 5.92 Å². The van der Waals surface area contributed by atoms with Crippen molar-refractivity contribution in [3.05, 3.63) is 34.9 Å². The van der Waals surface area contributed by atoms with Gasteiger partial charge in [0, 0.05) is 5.02 Å². The summed E-state index contributed by atoms with van der Waals surface area (Å²) >= 11 is 5.72. The van der Waals surface area contributed by atoms with Gasteiger partial charge < -0.3 is 5.11 Å². The zero-order valence-corrected chi connectivity index (χ0v) is 7.66. The number of halogens is 1. The first-order chi connectivity index (χ1) is 6.18. The monoisotopic (exact) mass is 196 g/mol. The number of carboxylic acid groups (broad SMARTS) is 1. The zero-order chi connectivity index (χ0) is 9.42. The minimum absolute atomic E-state index is 0.179. The highest BCUT2D eigenvalue weighted by atomic mass is 35.5. The van der Waals surface area contributed by atoms with E-state index in [1.807, 2.05) is 12.1 Å². The van der Waals surface area contributed by atoms with Gasteiger partial charge in [-0.05, 0) is 30.0 Å². The smallest absolute Gasteiger partial charge is 0.307 e. The Kier molecular flexibility index (Phi) is 2.00. The van der Waals surface area contributed by atoms with Gasteiger partial charge in [-0.25, -0.2) is 0 Å². The summed E-state index contributed by atoms with van der Waals surface area (Å²) in [5.74, 6) is -0.670. The van der Waals surface area contributed by atoms with Gasteiger partial charge in [0.15, 0.2) is 0 Å². The maximum atomic E-state index is 10.6. The van der Waals surface area contributed by atoms with E-state index in [1.54, 1.807) is 12.1 Å². The van der Waals surface area contributed by atoms with E-state index in [9.17, 15) is 4.79 Å². The first-order valence-corrected chi connectivity index (χ1v) is 4.54. The molecule has 0 amide bonds. The summed E-state index contributed by atoms with van der Waals surface area (Å²) in [7, 11) is 0. The van der Waals surface area contributed by atoms with Crippen LogP contribution in [0.1, 0.15) is 17.9 Å². The molecule has 2 rings (SSSR count). The first-order valence-electron chi connectivity index (χ1n) is 4.17. The van der Waals surface area contributed by atoms with Crippen molar-refractivity contribution >= 4 is 17.6 Å². The number of carboxylic acids is 1. The predicted molar refractivity (Wildman–Crippen MR) is 49.9 cm³/mol. The summed E-state index contributed by atoms with van der Waals surface area (Å²) in [6.07, 6.45) is 0.761. The molecule has 1 N–H and O–H groups in total. The molecule has 1 aliphatic rings. The summed E-state index contributed by atoms with van der Waals surface area (Å²) < 4.78 is 0. The fraction of sp³-hybridized carbons (Fsp3) is 0.300. The first kappa shape index (κ1) is 8.57. The molecule has 0 spiro atoms. The molecule has 0 aromatic heterocycles. The second-order valence-corrected chi connectivity index (χ2v) is 3.77. The summed E-state index contributed by atoms with van der Waals surface area (Å²) in [5.41, 5.74) is 1.08. The minimum Gasteiger partial charge on any atom is -0.481 e. The van der Waals surface area contributed by atoms with Crippen LogP contribution in [-0.4, -0.2) is 11.1 Å². The van der Waals surface area contributed by atoms with Crippen LogP contribution < -0.4 is 0 Å². The van der Waals surface area contributed by atoms with E-state index in [-0.39, 0.29) is 11.8 Å². The largest absolute Gasteiger partial charge is 0.481 e. The topological polar surface area (TPSA) is 37.3 Å². The third-order valence-electron chi connectivity index (χ3n) is 2.41. The van der Waals surface area contributed by atoms with E-state index >= 15 is 0 Å². The molecular weight excluding hydrogens is 188 g/mol. The van der Waals surface area contributed by atoms with E-state index in [0.29, 0.717) is 5.02 Å². The second kappa shape index (κ2) is 3.04. The molecule has 0 aliphatic heterocycles. The SMILES string of the molecule is O=C(O)[C@H]1C[C@H]1c1ccc(Cl)cc1. The molecule has 0 heterocycles. The Balaban J connectivity index is 2.12. The van der Waals surface area contributed by atoms with Gasteiger partial charge in [0.25, 0.3) is 0 Å². The Morgan fingerprint density at radius 2 is 2.00 bits per heavy atom. The Bertz CT molecular complexity index is 331. The van der Waals surface area contributed by atoms with Gasteiger partial charge in [-0.2, -0.15) is 0 Å². The fourth-order valence-corrected chi connectivity index (χ4v) is 1.67. The van der Waals surface area contributed by atoms with Crippen molar-refractivity contribution in [2.75, 3.05) is 0 Å². The number of hydrogen-bond donors (Lipinski definition) is 1. The molecule has 68 valence electrons. The molecule has 0 unspecified atom stereocenters. The van der Waals surface area contributed by atoms with E-state index in [1.165, 1.54) is 0 Å². The van der Waals surface area contributed by atoms with Crippen LogP contribution in [0.15, 0.2) is 24.3 Å². The van der Waals surface area contributed by atoms with Crippen LogP contribution in [-0.2, 0) is 4.79 Å². The molecule has 0 saturated heterocycles. The standard InChI is InChI=1S/C10H9ClO2/c11-7-3-1-6(2-4-7)8-5-9(8)10(12)13/h1-4,8-9H,5H2,(H,12,13)/t8-,9-/m0/s1. The molecule has 2 nitrogen and oxygen atoms in total. The van der Waals surface area contributed by atoms with E-state index in [4.69, 9.17) is 16.7 Å². The highest BCUT2D eigenvalue weighted by Crippen LogP contribution is 2.47. The Morgan fingerprint density at radius 1 is 1.38 bits per heavy atom. The third kappa shape index (κ3) is 1.68. The molecule has 1 saturated carbocycles. The van der Waals surface area contributed by atoms with E-state index < -0.39 is 5.97 Å². The molecular formula is C10H9ClO2. The van der Waals surface area contributed by atoms with Crippen LogP contribution in [0, 0.1) is 5.92 Å². The Labute approximate surface area is 81.1 Å². The van der Waals surface area contributed by atoms with Crippen LogP contribution >= 0.6 is 11.6 Å². The molecule has 1 aromatic carbocycles. The maximum Gasteiger partial charge on any atom is 0.307 e. The lowest BCUT2D eigenvalue weighted by Crippen LogP contribution is -1.98. The van der Waals surface area contributed by atoms with Gasteiger partial charge in [-0.15, -0.1) is 0 Å². The maximum absolute atomic E-state index is 10.6. The lowest BCUT2D eigenvalue weighted by atomic mass is 10.1. The lowest BCUT2D eigenvalue weighted by Gasteiger charge is -1.97. The van der Waals surface area contributed by atoms with Crippen molar-refractivity contribution in [2.45, 2.75) is 12.3 Å². The molecule has 2 atom stereocenters. The molecule has 1 fully saturated rings. The zero-order valence-electron chi connectivity index (χ0n) is 6.90. The van der Waals surface area contributed by atoms with Crippen LogP contribution in [0.5, 0.6) is 0 Å². The van der Waals surface area contributed by atoms with Crippen LogP contribution in [0.25, 0.3) is 0 Å². The third-order valence-corrected chi connectivity index (χ3v) is 2.66. The van der Waals surface area contributed by atoms with Crippen molar-refractivity contribution in [2.24, 2.45) is 5.92 Å². The van der Waals surface area contributed by atoms with Crippen molar-refractivity contribution in [1.82, 2.24) is 0 Å². The van der Waals surface area contributed by atoms with Crippen molar-refractivity contribution in [3.8, 4) is 0 Å². The molecule has 0 radical (unpaired) electrons. The minimum atomic E-state index is -0.694. The number of aliphatic carboxylic acids is 1. The average Bonchev–Trinajstić information content (AvgIpc) is 2.85. The predicted octanol–water partition coefficient (Wildman–Crippen LogP) is 2.53. The summed E-state index contributed by atoms with van der Waals surface area (Å²) in [5, 5.41) is 9.40. The lowest BCUT2D eigenvalue weighted by molar-refractivity contribution is -0.138. The van der Waals surface area contributed by atoms with Crippen molar-refractivity contribution < 1.29 is 9.90 Å². The van der Waals surface area contributed by atoms with Crippen LogP contribution in [0.4, 0.5) is 0 Å². The number of hydrogen-bond acceptors (Lipinski definition) is 1. The Morgan fingerprint density at radius 3 is 2.46 bits per heavy atom. The second-order valence-electron chi connectivity index (χ2n) is 3.34. The summed E-state index contributed by atoms with van der Waals surface area (Å²) in [6.45, 7) is 0. The van der Waals surface area contributed by atoms with Crippen LogP contribution in [0.3, 0.4) is 0 Å². The Hall–Kier alpha value is -1.02. The van der Waals surface area contributed by atoms with Gasteiger partial charge >= 0.3 is 5.97 Å². The summed E-state index contributed by atoms with van der Waals surface area (Å²) in [4.78, 5) is 10.6. The van der Waals surface area contributed by atoms with E-state index in [2.05, 4.69) is 0 Å². The molecule has 13 heavy (non-hydrogen) atoms. The van der Waals surface area contributed by atoms with E-state index in [0.717, 1.165) is 12.0 Å². The van der Waals surface area contributed by atoms with Gasteiger partial charge in [-0.3, -0.25) is 4.79 Å². The van der Waals surface area contributed by atoms with Crippen molar-refractivity contribution in [1.29, 1.82) is 0 Å². The highest BCUT2D eigenvalue weighted by molar-refractivity contribution is 6.30. The normalized spacial score (nSPS) is 25.6. The van der Waals surface area contributed by atoms with Crippen molar-refractivity contribution in [3.63, 3.8) is 0 Å². The molecule has 1 aromatic rings. The highest BCUT2D eigenvalue weighted by Gasteiger charge is 2.43. The molecule has 0 bridgehead atoms. The summed E-state index contributed by atoms with van der Waals surface area (Å²) in [6, 6.07) is 7.40. The number of rotatable bonds is 2. The van der Waals surface area contributed by atoms with Crippen LogP contribution in [0.2, 0.25) is 5.02 Å². The van der Waals surface area contributed by atoms with Gasteiger partial charge in [0.2, 0.25) is 0 Å².